The maximum Gasteiger partial charge on any atom is 0.292 e. The summed E-state index contributed by atoms with van der Waals surface area (Å²) in [7, 11) is 1.62. The minimum Gasteiger partial charge on any atom is -0.365 e. The van der Waals surface area contributed by atoms with Crippen LogP contribution in [0.2, 0.25) is 0 Å². The van der Waals surface area contributed by atoms with Crippen LogP contribution in [-0.2, 0) is 4.79 Å². The highest BCUT2D eigenvalue weighted by Gasteiger charge is 2.28. The first-order chi connectivity index (χ1) is 9.13. The van der Waals surface area contributed by atoms with E-state index in [9.17, 15) is 14.9 Å². The summed E-state index contributed by atoms with van der Waals surface area (Å²) in [6.45, 7) is 1.28. The van der Waals surface area contributed by atoms with Crippen molar-refractivity contribution in [2.45, 2.75) is 12.8 Å². The Hall–Kier alpha value is -2.11. The molecule has 1 aliphatic heterocycles. The molecule has 1 unspecified atom stereocenters. The number of hydrogen-bond acceptors (Lipinski definition) is 4. The molecule has 1 amide bonds. The highest BCUT2D eigenvalue weighted by molar-refractivity contribution is 5.79. The fourth-order valence-electron chi connectivity index (χ4n) is 2.50. The van der Waals surface area contributed by atoms with Crippen molar-refractivity contribution in [1.29, 1.82) is 0 Å². The van der Waals surface area contributed by atoms with E-state index in [0.717, 1.165) is 19.4 Å². The van der Waals surface area contributed by atoms with Crippen molar-refractivity contribution in [2.24, 2.45) is 5.92 Å². The van der Waals surface area contributed by atoms with Crippen LogP contribution in [0.15, 0.2) is 24.3 Å². The van der Waals surface area contributed by atoms with Crippen LogP contribution in [0, 0.1) is 16.0 Å². The Morgan fingerprint density at radius 1 is 1.47 bits per heavy atom. The molecule has 1 atom stereocenters. The first kappa shape index (κ1) is 13.3. The molecule has 1 aromatic rings. The number of rotatable bonds is 3. The second-order valence-corrected chi connectivity index (χ2v) is 4.65. The van der Waals surface area contributed by atoms with E-state index in [1.54, 1.807) is 25.2 Å². The quantitative estimate of drug-likeness (QED) is 0.663. The Morgan fingerprint density at radius 2 is 2.21 bits per heavy atom. The Morgan fingerprint density at radius 3 is 2.89 bits per heavy atom. The molecular weight excluding hydrogens is 246 g/mol. The summed E-state index contributed by atoms with van der Waals surface area (Å²) in [6, 6.07) is 6.68. The van der Waals surface area contributed by atoms with Crippen LogP contribution >= 0.6 is 0 Å². The monoisotopic (exact) mass is 263 g/mol. The summed E-state index contributed by atoms with van der Waals surface area (Å²) >= 11 is 0. The summed E-state index contributed by atoms with van der Waals surface area (Å²) in [5.41, 5.74) is 0.696. The fraction of sp³-hybridized carbons (Fsp3) is 0.462. The third-order valence-electron chi connectivity index (χ3n) is 3.46. The van der Waals surface area contributed by atoms with Gasteiger partial charge in [0.15, 0.2) is 0 Å². The second kappa shape index (κ2) is 5.69. The van der Waals surface area contributed by atoms with Gasteiger partial charge in [-0.1, -0.05) is 12.1 Å². The van der Waals surface area contributed by atoms with Gasteiger partial charge in [0.1, 0.15) is 5.69 Å². The highest BCUT2D eigenvalue weighted by atomic mass is 16.6. The summed E-state index contributed by atoms with van der Waals surface area (Å²) in [5.74, 6) is -0.0955. The Labute approximate surface area is 111 Å². The van der Waals surface area contributed by atoms with E-state index in [4.69, 9.17) is 0 Å². The number of para-hydroxylation sites is 2. The van der Waals surface area contributed by atoms with Crippen LogP contribution in [0.1, 0.15) is 12.8 Å². The predicted octanol–water partition coefficient (Wildman–Crippen LogP) is 1.56. The van der Waals surface area contributed by atoms with Crippen LogP contribution in [-0.4, -0.2) is 31.0 Å². The van der Waals surface area contributed by atoms with E-state index in [-0.39, 0.29) is 22.4 Å². The SMILES string of the molecule is CNC(=O)C1CCCN(c2ccccc2[N+](=O)[O-])C1. The number of anilines is 1. The Balaban J connectivity index is 2.22. The van der Waals surface area contributed by atoms with Crippen LogP contribution in [0.4, 0.5) is 11.4 Å². The van der Waals surface area contributed by atoms with Crippen molar-refractivity contribution in [3.05, 3.63) is 34.4 Å². The van der Waals surface area contributed by atoms with Gasteiger partial charge in [-0.2, -0.15) is 0 Å². The zero-order chi connectivity index (χ0) is 13.8. The number of nitrogens with zero attached hydrogens (tertiary/aromatic N) is 2. The minimum atomic E-state index is -0.376. The number of nitro benzene ring substituents is 1. The Kier molecular flexibility index (Phi) is 3.99. The molecule has 1 aromatic carbocycles. The molecule has 0 aliphatic carbocycles. The minimum absolute atomic E-state index is 0.00304. The van der Waals surface area contributed by atoms with Gasteiger partial charge in [0.05, 0.1) is 10.8 Å². The van der Waals surface area contributed by atoms with Gasteiger partial charge >= 0.3 is 0 Å². The third kappa shape index (κ3) is 2.83. The van der Waals surface area contributed by atoms with Gasteiger partial charge in [-0.25, -0.2) is 0 Å². The number of hydrogen-bond donors (Lipinski definition) is 1. The number of carbonyl (C=O) groups is 1. The largest absolute Gasteiger partial charge is 0.365 e. The van der Waals surface area contributed by atoms with Crippen LogP contribution in [0.25, 0.3) is 0 Å². The number of carbonyl (C=O) groups excluding carboxylic acids is 1. The van der Waals surface area contributed by atoms with Crippen molar-refractivity contribution in [2.75, 3.05) is 25.0 Å². The van der Waals surface area contributed by atoms with Crippen molar-refractivity contribution in [3.8, 4) is 0 Å². The molecule has 1 fully saturated rings. The van der Waals surface area contributed by atoms with Gasteiger partial charge in [0.25, 0.3) is 5.69 Å². The van der Waals surface area contributed by atoms with Crippen LogP contribution in [0.5, 0.6) is 0 Å². The molecule has 1 saturated heterocycles. The number of piperidine rings is 1. The zero-order valence-electron chi connectivity index (χ0n) is 10.8. The second-order valence-electron chi connectivity index (χ2n) is 4.65. The van der Waals surface area contributed by atoms with Crippen molar-refractivity contribution in [3.63, 3.8) is 0 Å². The summed E-state index contributed by atoms with van der Waals surface area (Å²) in [5, 5.41) is 13.7. The first-order valence-electron chi connectivity index (χ1n) is 6.33. The maximum absolute atomic E-state index is 11.7. The van der Waals surface area contributed by atoms with E-state index in [1.165, 1.54) is 6.07 Å². The lowest BCUT2D eigenvalue weighted by molar-refractivity contribution is -0.384. The standard InChI is InChI=1S/C13H17N3O3/c1-14-13(17)10-5-4-8-15(9-10)11-6-2-3-7-12(11)16(18)19/h2-3,6-7,10H,4-5,8-9H2,1H3,(H,14,17). The molecule has 0 spiro atoms. The van der Waals surface area contributed by atoms with Crippen LogP contribution in [0.3, 0.4) is 0 Å². The molecule has 0 radical (unpaired) electrons. The van der Waals surface area contributed by atoms with E-state index < -0.39 is 0 Å². The van der Waals surface area contributed by atoms with Gasteiger partial charge < -0.3 is 10.2 Å². The van der Waals surface area contributed by atoms with Gasteiger partial charge in [-0.05, 0) is 18.9 Å². The number of nitro groups is 1. The topological polar surface area (TPSA) is 75.5 Å². The molecule has 102 valence electrons. The normalized spacial score (nSPS) is 19.0. The lowest BCUT2D eigenvalue weighted by atomic mass is 9.96. The average Bonchev–Trinajstić information content (AvgIpc) is 2.46. The molecule has 2 rings (SSSR count). The first-order valence-corrected chi connectivity index (χ1v) is 6.33. The molecule has 0 aromatic heterocycles. The molecule has 0 saturated carbocycles. The smallest absolute Gasteiger partial charge is 0.292 e. The summed E-state index contributed by atoms with van der Waals surface area (Å²) in [4.78, 5) is 24.3. The summed E-state index contributed by atoms with van der Waals surface area (Å²) < 4.78 is 0. The third-order valence-corrected chi connectivity index (χ3v) is 3.46. The number of amides is 1. The van der Waals surface area contributed by atoms with E-state index >= 15 is 0 Å². The van der Waals surface area contributed by atoms with Gasteiger partial charge in [0, 0.05) is 26.2 Å². The molecule has 0 bridgehead atoms. The van der Waals surface area contributed by atoms with E-state index in [2.05, 4.69) is 5.32 Å². The molecule has 1 heterocycles. The van der Waals surface area contributed by atoms with Crippen LogP contribution < -0.4 is 10.2 Å². The molecular formula is C13H17N3O3. The fourth-order valence-corrected chi connectivity index (χ4v) is 2.50. The zero-order valence-corrected chi connectivity index (χ0v) is 10.8. The van der Waals surface area contributed by atoms with Gasteiger partial charge in [-0.3, -0.25) is 14.9 Å². The Bertz CT molecular complexity index is 490. The van der Waals surface area contributed by atoms with E-state index in [1.807, 2.05) is 4.90 Å². The molecule has 6 heteroatoms. The molecule has 19 heavy (non-hydrogen) atoms. The van der Waals surface area contributed by atoms with Crippen molar-refractivity contribution < 1.29 is 9.72 Å². The lowest BCUT2D eigenvalue weighted by Crippen LogP contribution is -2.42. The molecule has 1 N–H and O–H groups in total. The number of nitrogens with one attached hydrogen (secondary N) is 1. The van der Waals surface area contributed by atoms with Crippen molar-refractivity contribution >= 4 is 17.3 Å². The molecule has 1 aliphatic rings. The van der Waals surface area contributed by atoms with E-state index in [0.29, 0.717) is 12.2 Å². The highest BCUT2D eigenvalue weighted by Crippen LogP contribution is 2.31. The number of benzene rings is 1. The van der Waals surface area contributed by atoms with Gasteiger partial charge in [-0.15, -0.1) is 0 Å². The average molecular weight is 263 g/mol. The van der Waals surface area contributed by atoms with Gasteiger partial charge in [0.2, 0.25) is 5.91 Å². The predicted molar refractivity (Wildman–Crippen MR) is 72.1 cm³/mol. The molecule has 6 nitrogen and oxygen atoms in total. The summed E-state index contributed by atoms with van der Waals surface area (Å²) in [6.07, 6.45) is 1.70. The van der Waals surface area contributed by atoms with Crippen molar-refractivity contribution in [1.82, 2.24) is 5.32 Å². The maximum atomic E-state index is 11.7. The lowest BCUT2D eigenvalue weighted by Gasteiger charge is -2.33.